The molecule has 6 rings (SSSR count). The number of hydrogen-bond donors (Lipinski definition) is 2. The van der Waals surface area contributed by atoms with E-state index in [1.807, 2.05) is 49.4 Å². The van der Waals surface area contributed by atoms with E-state index in [4.69, 9.17) is 10.2 Å². The molecule has 1 amide bonds. The van der Waals surface area contributed by atoms with E-state index in [0.717, 1.165) is 16.8 Å². The first-order valence-electron chi connectivity index (χ1n) is 11.6. The fourth-order valence-electron chi connectivity index (χ4n) is 4.30. The third kappa shape index (κ3) is 3.68. The molecule has 37 heavy (non-hydrogen) atoms. The Hall–Kier alpha value is -5.06. The molecule has 0 spiro atoms. The van der Waals surface area contributed by atoms with Crippen LogP contribution in [0.25, 0.3) is 28.3 Å². The number of nitrogens with two attached hydrogens (primary N) is 1. The standard InChI is InChI=1S/C26H23N9O2/c1-16-10-11-18(28-13-16)14-29-24(36)26(2,17-7-4-3-5-8-17)35-23-19(15-30-35)22-31-21(20-9-6-12-37-20)33-34(22)25(27)32-23/h3-13,15H,14H2,1-2H3,(H2,27,32)(H,29,36)/t26-/m1/s1. The third-order valence-electron chi connectivity index (χ3n) is 6.38. The number of benzene rings is 1. The number of rotatable bonds is 6. The van der Waals surface area contributed by atoms with E-state index in [9.17, 15) is 4.79 Å². The lowest BCUT2D eigenvalue weighted by atomic mass is 9.91. The van der Waals surface area contributed by atoms with Gasteiger partial charge in [-0.25, -0.2) is 9.67 Å². The van der Waals surface area contributed by atoms with Gasteiger partial charge in [-0.2, -0.15) is 14.6 Å². The average Bonchev–Trinajstić information content (AvgIpc) is 3.68. The number of nitrogens with zero attached hydrogens (tertiary/aromatic N) is 7. The van der Waals surface area contributed by atoms with Crippen molar-refractivity contribution in [3.05, 3.63) is 90.1 Å². The summed E-state index contributed by atoms with van der Waals surface area (Å²) in [5, 5.41) is 12.7. The van der Waals surface area contributed by atoms with Gasteiger partial charge in [0.15, 0.2) is 22.6 Å². The Balaban J connectivity index is 1.47. The van der Waals surface area contributed by atoms with Crippen molar-refractivity contribution >= 4 is 28.5 Å². The topological polar surface area (TPSA) is 142 Å². The first-order chi connectivity index (χ1) is 17.9. The maximum absolute atomic E-state index is 13.9. The van der Waals surface area contributed by atoms with Crippen molar-refractivity contribution in [2.75, 3.05) is 5.73 Å². The van der Waals surface area contributed by atoms with Gasteiger partial charge >= 0.3 is 0 Å². The van der Waals surface area contributed by atoms with Crippen LogP contribution in [0.15, 0.2) is 77.7 Å². The Morgan fingerprint density at radius 3 is 2.62 bits per heavy atom. The van der Waals surface area contributed by atoms with E-state index in [2.05, 4.69) is 30.5 Å². The predicted octanol–water partition coefficient (Wildman–Crippen LogP) is 3.10. The minimum atomic E-state index is -1.25. The summed E-state index contributed by atoms with van der Waals surface area (Å²) >= 11 is 0. The quantitative estimate of drug-likeness (QED) is 0.360. The van der Waals surface area contributed by atoms with Crippen LogP contribution in [0.1, 0.15) is 23.7 Å². The summed E-state index contributed by atoms with van der Waals surface area (Å²) in [7, 11) is 0. The molecule has 0 aliphatic heterocycles. The van der Waals surface area contributed by atoms with Crippen LogP contribution in [-0.4, -0.2) is 40.3 Å². The molecule has 0 bridgehead atoms. The van der Waals surface area contributed by atoms with Gasteiger partial charge in [0.2, 0.25) is 11.8 Å². The Labute approximate surface area is 211 Å². The normalized spacial score (nSPS) is 13.1. The Morgan fingerprint density at radius 2 is 1.89 bits per heavy atom. The first-order valence-corrected chi connectivity index (χ1v) is 11.6. The van der Waals surface area contributed by atoms with Gasteiger partial charge in [0.25, 0.3) is 5.91 Å². The third-order valence-corrected chi connectivity index (χ3v) is 6.38. The highest BCUT2D eigenvalue weighted by Crippen LogP contribution is 2.31. The number of carbonyl (C=O) groups is 1. The molecule has 0 unspecified atom stereocenters. The lowest BCUT2D eigenvalue weighted by Gasteiger charge is -2.29. The van der Waals surface area contributed by atoms with Crippen LogP contribution in [0.2, 0.25) is 0 Å². The van der Waals surface area contributed by atoms with Crippen LogP contribution in [-0.2, 0) is 16.9 Å². The number of nitrogens with one attached hydrogen (secondary N) is 1. The van der Waals surface area contributed by atoms with E-state index >= 15 is 0 Å². The molecule has 5 aromatic heterocycles. The maximum Gasteiger partial charge on any atom is 0.252 e. The van der Waals surface area contributed by atoms with Crippen molar-refractivity contribution < 1.29 is 9.21 Å². The van der Waals surface area contributed by atoms with Crippen molar-refractivity contribution in [3.8, 4) is 11.6 Å². The lowest BCUT2D eigenvalue weighted by molar-refractivity contribution is -0.127. The molecule has 0 saturated carbocycles. The number of furan rings is 1. The van der Waals surface area contributed by atoms with Crippen LogP contribution in [0.4, 0.5) is 5.95 Å². The summed E-state index contributed by atoms with van der Waals surface area (Å²) in [5.41, 5.74) is 8.42. The molecular weight excluding hydrogens is 470 g/mol. The number of fused-ring (bicyclic) bond motifs is 3. The highest BCUT2D eigenvalue weighted by atomic mass is 16.3. The molecule has 1 aromatic carbocycles. The average molecular weight is 494 g/mol. The van der Waals surface area contributed by atoms with Gasteiger partial charge in [0, 0.05) is 6.20 Å². The fourth-order valence-corrected chi connectivity index (χ4v) is 4.30. The number of aromatic nitrogens is 7. The zero-order valence-corrected chi connectivity index (χ0v) is 20.2. The zero-order chi connectivity index (χ0) is 25.6. The van der Waals surface area contributed by atoms with E-state index < -0.39 is 5.54 Å². The summed E-state index contributed by atoms with van der Waals surface area (Å²) in [6, 6.07) is 16.8. The summed E-state index contributed by atoms with van der Waals surface area (Å²) in [5.74, 6) is 0.702. The van der Waals surface area contributed by atoms with Gasteiger partial charge in [0.1, 0.15) is 0 Å². The largest absolute Gasteiger partial charge is 0.461 e. The monoisotopic (exact) mass is 493 g/mol. The van der Waals surface area contributed by atoms with Crippen molar-refractivity contribution in [3.63, 3.8) is 0 Å². The van der Waals surface area contributed by atoms with Crippen molar-refractivity contribution in [1.29, 1.82) is 0 Å². The minimum Gasteiger partial charge on any atom is -0.461 e. The van der Waals surface area contributed by atoms with Crippen molar-refractivity contribution in [1.82, 2.24) is 39.7 Å². The number of amides is 1. The molecule has 5 heterocycles. The number of aryl methyl sites for hydroxylation is 1. The van der Waals surface area contributed by atoms with E-state index in [1.54, 1.807) is 42.4 Å². The molecule has 1 atom stereocenters. The summed E-state index contributed by atoms with van der Waals surface area (Å²) in [4.78, 5) is 27.4. The second-order valence-corrected chi connectivity index (χ2v) is 8.86. The van der Waals surface area contributed by atoms with Gasteiger partial charge in [0.05, 0.1) is 30.1 Å². The smallest absolute Gasteiger partial charge is 0.252 e. The molecule has 6 aromatic rings. The second kappa shape index (κ2) is 8.55. The summed E-state index contributed by atoms with van der Waals surface area (Å²) in [6.45, 7) is 4.03. The van der Waals surface area contributed by atoms with E-state index in [1.165, 1.54) is 4.52 Å². The number of carbonyl (C=O) groups excluding carboxylic acids is 1. The van der Waals surface area contributed by atoms with Gasteiger partial charge < -0.3 is 15.5 Å². The molecule has 11 nitrogen and oxygen atoms in total. The fraction of sp³-hybridized carbons (Fsp3) is 0.154. The van der Waals surface area contributed by atoms with Crippen molar-refractivity contribution in [2.45, 2.75) is 25.9 Å². The van der Waals surface area contributed by atoms with Gasteiger partial charge in [-0.15, -0.1) is 5.10 Å². The lowest BCUT2D eigenvalue weighted by Crippen LogP contribution is -2.48. The van der Waals surface area contributed by atoms with Gasteiger partial charge in [-0.3, -0.25) is 9.78 Å². The molecule has 0 radical (unpaired) electrons. The molecule has 0 aliphatic rings. The van der Waals surface area contributed by atoms with E-state index in [-0.39, 0.29) is 18.4 Å². The van der Waals surface area contributed by atoms with Gasteiger partial charge in [-0.05, 0) is 43.2 Å². The number of anilines is 1. The zero-order valence-electron chi connectivity index (χ0n) is 20.2. The first kappa shape index (κ1) is 22.4. The summed E-state index contributed by atoms with van der Waals surface area (Å²) < 4.78 is 8.46. The van der Waals surface area contributed by atoms with Crippen LogP contribution < -0.4 is 11.1 Å². The molecular formula is C26H23N9O2. The number of pyridine rings is 1. The maximum atomic E-state index is 13.9. The van der Waals surface area contributed by atoms with Crippen LogP contribution >= 0.6 is 0 Å². The summed E-state index contributed by atoms with van der Waals surface area (Å²) in [6.07, 6.45) is 4.94. The van der Waals surface area contributed by atoms with E-state index in [0.29, 0.717) is 28.3 Å². The molecule has 0 saturated heterocycles. The molecule has 3 N–H and O–H groups in total. The molecule has 0 aliphatic carbocycles. The second-order valence-electron chi connectivity index (χ2n) is 8.86. The molecule has 184 valence electrons. The van der Waals surface area contributed by atoms with Crippen LogP contribution in [0.5, 0.6) is 0 Å². The predicted molar refractivity (Wildman–Crippen MR) is 136 cm³/mol. The van der Waals surface area contributed by atoms with Crippen molar-refractivity contribution in [2.24, 2.45) is 0 Å². The minimum absolute atomic E-state index is 0.106. The molecule has 11 heteroatoms. The number of nitrogen functional groups attached to an aromatic ring is 1. The van der Waals surface area contributed by atoms with Crippen LogP contribution in [0, 0.1) is 6.92 Å². The highest BCUT2D eigenvalue weighted by Gasteiger charge is 2.40. The SMILES string of the molecule is Cc1ccc(CNC(=O)[C@@](C)(c2ccccc2)n2ncc3c2nc(N)n2nc(-c4ccco4)nc32)nc1. The highest BCUT2D eigenvalue weighted by molar-refractivity contribution is 5.94. The Morgan fingerprint density at radius 1 is 1.05 bits per heavy atom. The van der Waals surface area contributed by atoms with Crippen LogP contribution in [0.3, 0.4) is 0 Å². The number of hydrogen-bond acceptors (Lipinski definition) is 8. The Bertz CT molecular complexity index is 1720. The molecule has 0 fully saturated rings. The van der Waals surface area contributed by atoms with Gasteiger partial charge in [-0.1, -0.05) is 36.4 Å². The Kier molecular flexibility index (Phi) is 5.18.